The van der Waals surface area contributed by atoms with E-state index in [0.29, 0.717) is 5.75 Å². The van der Waals surface area contributed by atoms with Crippen LogP contribution in [0.25, 0.3) is 11.3 Å². The van der Waals surface area contributed by atoms with Crippen LogP contribution in [-0.4, -0.2) is 35.8 Å². The molecule has 25 heavy (non-hydrogen) atoms. The van der Waals surface area contributed by atoms with E-state index in [1.54, 1.807) is 23.5 Å². The molecule has 1 aliphatic heterocycles. The second-order valence-corrected chi connectivity index (χ2v) is 7.01. The van der Waals surface area contributed by atoms with Gasteiger partial charge in [0.2, 0.25) is 0 Å². The highest BCUT2D eigenvalue weighted by Gasteiger charge is 2.14. The van der Waals surface area contributed by atoms with Crippen molar-refractivity contribution in [2.24, 2.45) is 5.92 Å². The number of carbonyl (C=O) groups is 1. The largest absolute Gasteiger partial charge is 0.482 e. The van der Waals surface area contributed by atoms with Crippen LogP contribution in [0.2, 0.25) is 0 Å². The van der Waals surface area contributed by atoms with Gasteiger partial charge in [-0.05, 0) is 69.0 Å². The summed E-state index contributed by atoms with van der Waals surface area (Å²) in [4.78, 5) is 15.2. The fourth-order valence-electron chi connectivity index (χ4n) is 2.92. The lowest BCUT2D eigenvalue weighted by molar-refractivity contribution is -0.139. The van der Waals surface area contributed by atoms with Gasteiger partial charge >= 0.3 is 5.97 Å². The third-order valence-corrected chi connectivity index (χ3v) is 5.20. The van der Waals surface area contributed by atoms with Crippen LogP contribution in [0.15, 0.2) is 29.6 Å². The second kappa shape index (κ2) is 9.75. The Hall–Kier alpha value is -1.63. The highest BCUT2D eigenvalue weighted by molar-refractivity contribution is 7.09. The standard InChI is InChI=1S/C18H22N2O3S.ClH/c21-18(22)11-23-15-4-2-14(3-5-15)16-12-24-17(20-16)6-1-13-7-9-19-10-8-13;/h2-5,12-13,19H,1,6-11H2,(H,21,22);1H. The number of ether oxygens (including phenoxy) is 1. The predicted molar refractivity (Wildman–Crippen MR) is 102 cm³/mol. The normalized spacial score (nSPS) is 14.7. The molecule has 2 N–H and O–H groups in total. The van der Waals surface area contributed by atoms with Crippen molar-refractivity contribution in [2.45, 2.75) is 25.7 Å². The number of aliphatic carboxylic acids is 1. The molecular weight excluding hydrogens is 360 g/mol. The third kappa shape index (κ3) is 5.99. The van der Waals surface area contributed by atoms with Crippen molar-refractivity contribution in [3.05, 3.63) is 34.7 Å². The van der Waals surface area contributed by atoms with Crippen molar-refractivity contribution in [1.82, 2.24) is 10.3 Å². The zero-order chi connectivity index (χ0) is 16.8. The minimum atomic E-state index is -0.975. The highest BCUT2D eigenvalue weighted by Crippen LogP contribution is 2.26. The summed E-state index contributed by atoms with van der Waals surface area (Å²) >= 11 is 1.72. The Kier molecular flexibility index (Phi) is 7.68. The molecule has 1 aromatic heterocycles. The molecule has 2 aromatic rings. The van der Waals surface area contributed by atoms with Gasteiger partial charge in [0.15, 0.2) is 6.61 Å². The highest BCUT2D eigenvalue weighted by atomic mass is 35.5. The summed E-state index contributed by atoms with van der Waals surface area (Å²) in [6, 6.07) is 7.41. The van der Waals surface area contributed by atoms with Crippen LogP contribution in [0.1, 0.15) is 24.3 Å². The van der Waals surface area contributed by atoms with Crippen molar-refractivity contribution >= 4 is 29.7 Å². The van der Waals surface area contributed by atoms with Crippen molar-refractivity contribution in [2.75, 3.05) is 19.7 Å². The van der Waals surface area contributed by atoms with Crippen LogP contribution in [-0.2, 0) is 11.2 Å². The van der Waals surface area contributed by atoms with Crippen LogP contribution in [0.5, 0.6) is 5.75 Å². The topological polar surface area (TPSA) is 71.5 Å². The van der Waals surface area contributed by atoms with Crippen molar-refractivity contribution in [3.63, 3.8) is 0 Å². The molecule has 0 aliphatic carbocycles. The summed E-state index contributed by atoms with van der Waals surface area (Å²) < 4.78 is 5.15. The van der Waals surface area contributed by atoms with E-state index >= 15 is 0 Å². The number of halogens is 1. The number of aryl methyl sites for hydroxylation is 1. The Bertz CT molecular complexity index is 669. The SMILES string of the molecule is Cl.O=C(O)COc1ccc(-c2csc(CCC3CCNCC3)n2)cc1. The van der Waals surface area contributed by atoms with E-state index in [0.717, 1.165) is 36.7 Å². The van der Waals surface area contributed by atoms with Crippen LogP contribution in [0.4, 0.5) is 0 Å². The fourth-order valence-corrected chi connectivity index (χ4v) is 3.75. The Morgan fingerprint density at radius 1 is 1.28 bits per heavy atom. The lowest BCUT2D eigenvalue weighted by Crippen LogP contribution is -2.27. The molecule has 1 fully saturated rings. The monoisotopic (exact) mass is 382 g/mol. The summed E-state index contributed by atoms with van der Waals surface area (Å²) in [5.41, 5.74) is 2.01. The van der Waals surface area contributed by atoms with E-state index in [9.17, 15) is 4.79 Å². The maximum atomic E-state index is 10.5. The van der Waals surface area contributed by atoms with Crippen LogP contribution >= 0.6 is 23.7 Å². The summed E-state index contributed by atoms with van der Waals surface area (Å²) in [5, 5.41) is 15.3. The molecular formula is C18H23ClN2O3S. The molecule has 3 rings (SSSR count). The van der Waals surface area contributed by atoms with Gasteiger partial charge in [0.1, 0.15) is 5.75 Å². The second-order valence-electron chi connectivity index (χ2n) is 6.07. The van der Waals surface area contributed by atoms with Crippen LogP contribution in [0, 0.1) is 5.92 Å². The fraction of sp³-hybridized carbons (Fsp3) is 0.444. The number of nitrogens with zero attached hydrogens (tertiary/aromatic N) is 1. The number of hydrogen-bond acceptors (Lipinski definition) is 5. The lowest BCUT2D eigenvalue weighted by atomic mass is 9.93. The molecule has 0 spiro atoms. The minimum Gasteiger partial charge on any atom is -0.482 e. The molecule has 1 saturated heterocycles. The number of benzene rings is 1. The molecule has 7 heteroatoms. The average Bonchev–Trinajstić information content (AvgIpc) is 3.08. The molecule has 5 nitrogen and oxygen atoms in total. The van der Waals surface area contributed by atoms with Gasteiger partial charge < -0.3 is 15.2 Å². The molecule has 2 heterocycles. The Morgan fingerprint density at radius 2 is 2.00 bits per heavy atom. The number of thiazole rings is 1. The van der Waals surface area contributed by atoms with Crippen molar-refractivity contribution in [3.8, 4) is 17.0 Å². The van der Waals surface area contributed by atoms with Gasteiger partial charge in [-0.3, -0.25) is 0 Å². The number of aromatic nitrogens is 1. The molecule has 0 radical (unpaired) electrons. The molecule has 0 amide bonds. The van der Waals surface area contributed by atoms with Crippen LogP contribution in [0.3, 0.4) is 0 Å². The number of carboxylic acids is 1. The van der Waals surface area contributed by atoms with E-state index < -0.39 is 5.97 Å². The molecule has 136 valence electrons. The first-order chi connectivity index (χ1) is 11.7. The van der Waals surface area contributed by atoms with Gasteiger partial charge in [-0.25, -0.2) is 9.78 Å². The van der Waals surface area contributed by atoms with Gasteiger partial charge in [-0.15, -0.1) is 23.7 Å². The maximum Gasteiger partial charge on any atom is 0.341 e. The summed E-state index contributed by atoms with van der Waals surface area (Å²) in [5.74, 6) is 0.406. The Balaban J connectivity index is 0.00000225. The first kappa shape index (κ1) is 19.7. The number of nitrogens with one attached hydrogen (secondary N) is 1. The van der Waals surface area contributed by atoms with Gasteiger partial charge in [-0.2, -0.15) is 0 Å². The zero-order valence-corrected chi connectivity index (χ0v) is 15.6. The van der Waals surface area contributed by atoms with E-state index in [-0.39, 0.29) is 19.0 Å². The molecule has 0 unspecified atom stereocenters. The number of rotatable bonds is 7. The van der Waals surface area contributed by atoms with Gasteiger partial charge in [0, 0.05) is 10.9 Å². The Morgan fingerprint density at radius 3 is 2.68 bits per heavy atom. The molecule has 0 atom stereocenters. The number of piperidine rings is 1. The van der Waals surface area contributed by atoms with E-state index in [4.69, 9.17) is 14.8 Å². The molecule has 0 saturated carbocycles. The molecule has 1 aliphatic rings. The zero-order valence-electron chi connectivity index (χ0n) is 13.9. The van der Waals surface area contributed by atoms with Gasteiger partial charge in [0.05, 0.1) is 10.7 Å². The van der Waals surface area contributed by atoms with Crippen molar-refractivity contribution in [1.29, 1.82) is 0 Å². The number of carboxylic acid groups (broad SMARTS) is 1. The molecule has 0 bridgehead atoms. The number of hydrogen-bond donors (Lipinski definition) is 2. The average molecular weight is 383 g/mol. The summed E-state index contributed by atoms with van der Waals surface area (Å²) in [7, 11) is 0. The summed E-state index contributed by atoms with van der Waals surface area (Å²) in [6.07, 6.45) is 4.82. The van der Waals surface area contributed by atoms with E-state index in [1.807, 2.05) is 12.1 Å². The molecule has 1 aromatic carbocycles. The first-order valence-corrected chi connectivity index (χ1v) is 9.19. The van der Waals surface area contributed by atoms with E-state index in [1.165, 1.54) is 24.3 Å². The minimum absolute atomic E-state index is 0. The quantitative estimate of drug-likeness (QED) is 0.765. The smallest absolute Gasteiger partial charge is 0.341 e. The predicted octanol–water partition coefficient (Wildman–Crippen LogP) is 3.63. The van der Waals surface area contributed by atoms with Gasteiger partial charge in [-0.1, -0.05) is 0 Å². The Labute approximate surface area is 157 Å². The van der Waals surface area contributed by atoms with Crippen molar-refractivity contribution < 1.29 is 14.6 Å². The third-order valence-electron chi connectivity index (χ3n) is 4.29. The lowest BCUT2D eigenvalue weighted by Gasteiger charge is -2.21. The summed E-state index contributed by atoms with van der Waals surface area (Å²) in [6.45, 7) is 1.96. The van der Waals surface area contributed by atoms with E-state index in [2.05, 4.69) is 10.7 Å². The maximum absolute atomic E-state index is 10.5. The first-order valence-electron chi connectivity index (χ1n) is 8.31. The van der Waals surface area contributed by atoms with Crippen LogP contribution < -0.4 is 10.1 Å². The van der Waals surface area contributed by atoms with Gasteiger partial charge in [0.25, 0.3) is 0 Å².